The standard InChI is InChI=1S/C12H16N2O.ClH/c1-14-5-2-9(6-11(14)15)10-7-12(3-4-12)13-8-10;/h2,5-6,10,13H,3-4,7-8H2,1H3;1H. The molecule has 1 aromatic rings. The number of nitrogens with zero attached hydrogens (tertiary/aromatic N) is 1. The van der Waals surface area contributed by atoms with Crippen LogP contribution < -0.4 is 10.9 Å². The maximum Gasteiger partial charge on any atom is 0.250 e. The number of nitrogens with one attached hydrogen (secondary N) is 1. The summed E-state index contributed by atoms with van der Waals surface area (Å²) in [6, 6.07) is 3.86. The van der Waals surface area contributed by atoms with Crippen molar-refractivity contribution in [1.29, 1.82) is 0 Å². The molecule has 1 aromatic heterocycles. The Bertz CT molecular complexity index is 451. The van der Waals surface area contributed by atoms with Gasteiger partial charge in [-0.3, -0.25) is 4.79 Å². The first-order chi connectivity index (χ1) is 7.19. The van der Waals surface area contributed by atoms with Crippen molar-refractivity contribution in [2.45, 2.75) is 30.7 Å². The Hall–Kier alpha value is -0.800. The van der Waals surface area contributed by atoms with E-state index in [2.05, 4.69) is 11.4 Å². The maximum absolute atomic E-state index is 11.5. The molecule has 0 amide bonds. The third-order valence-corrected chi connectivity index (χ3v) is 3.81. The second-order valence-corrected chi connectivity index (χ2v) is 4.97. The van der Waals surface area contributed by atoms with Crippen molar-refractivity contribution in [3.05, 3.63) is 34.2 Å². The molecule has 1 unspecified atom stereocenters. The Morgan fingerprint density at radius 1 is 1.50 bits per heavy atom. The summed E-state index contributed by atoms with van der Waals surface area (Å²) in [4.78, 5) is 11.5. The third-order valence-electron chi connectivity index (χ3n) is 3.81. The van der Waals surface area contributed by atoms with Crippen LogP contribution in [0.25, 0.3) is 0 Å². The van der Waals surface area contributed by atoms with Crippen molar-refractivity contribution < 1.29 is 0 Å². The lowest BCUT2D eigenvalue weighted by molar-refractivity contribution is 0.594. The van der Waals surface area contributed by atoms with Gasteiger partial charge < -0.3 is 9.88 Å². The average molecular weight is 241 g/mol. The first-order valence-electron chi connectivity index (χ1n) is 5.60. The second kappa shape index (κ2) is 3.90. The lowest BCUT2D eigenvalue weighted by atomic mass is 9.96. The average Bonchev–Trinajstić information content (AvgIpc) is 2.82. The maximum atomic E-state index is 11.5. The minimum Gasteiger partial charge on any atom is -0.319 e. The molecular weight excluding hydrogens is 224 g/mol. The highest BCUT2D eigenvalue weighted by atomic mass is 35.5. The van der Waals surface area contributed by atoms with E-state index in [-0.39, 0.29) is 18.0 Å². The molecule has 1 spiro atoms. The van der Waals surface area contributed by atoms with Gasteiger partial charge in [0.25, 0.3) is 5.56 Å². The number of pyridine rings is 1. The molecule has 1 N–H and O–H groups in total. The van der Waals surface area contributed by atoms with Gasteiger partial charge in [-0.2, -0.15) is 0 Å². The van der Waals surface area contributed by atoms with Crippen LogP contribution in [0.5, 0.6) is 0 Å². The third kappa shape index (κ3) is 1.89. The quantitative estimate of drug-likeness (QED) is 0.806. The molecule has 0 aromatic carbocycles. The largest absolute Gasteiger partial charge is 0.319 e. The van der Waals surface area contributed by atoms with Gasteiger partial charge in [-0.1, -0.05) is 0 Å². The molecule has 4 heteroatoms. The van der Waals surface area contributed by atoms with Crippen LogP contribution in [0, 0.1) is 0 Å². The van der Waals surface area contributed by atoms with Gasteiger partial charge in [-0.15, -0.1) is 12.4 Å². The summed E-state index contributed by atoms with van der Waals surface area (Å²) in [5.41, 5.74) is 1.75. The van der Waals surface area contributed by atoms with Crippen molar-refractivity contribution >= 4 is 12.4 Å². The van der Waals surface area contributed by atoms with E-state index in [0.717, 1.165) is 6.54 Å². The van der Waals surface area contributed by atoms with E-state index < -0.39 is 0 Å². The van der Waals surface area contributed by atoms with Crippen LogP contribution in [0.2, 0.25) is 0 Å². The van der Waals surface area contributed by atoms with Crippen molar-refractivity contribution in [2.75, 3.05) is 6.54 Å². The Balaban J connectivity index is 0.000000963. The van der Waals surface area contributed by atoms with Crippen LogP contribution in [-0.2, 0) is 7.05 Å². The minimum absolute atomic E-state index is 0. The lowest BCUT2D eigenvalue weighted by Gasteiger charge is -2.09. The molecule has 2 heterocycles. The lowest BCUT2D eigenvalue weighted by Crippen LogP contribution is -2.22. The highest BCUT2D eigenvalue weighted by Crippen LogP contribution is 2.47. The summed E-state index contributed by atoms with van der Waals surface area (Å²) in [5, 5.41) is 3.58. The van der Waals surface area contributed by atoms with E-state index in [0.29, 0.717) is 11.5 Å². The molecule has 1 atom stereocenters. The Morgan fingerprint density at radius 3 is 2.81 bits per heavy atom. The number of aromatic nitrogens is 1. The van der Waals surface area contributed by atoms with Gasteiger partial charge in [-0.05, 0) is 36.8 Å². The van der Waals surface area contributed by atoms with Crippen LogP contribution in [0.3, 0.4) is 0 Å². The fourth-order valence-electron chi connectivity index (χ4n) is 2.54. The smallest absolute Gasteiger partial charge is 0.250 e. The summed E-state index contributed by atoms with van der Waals surface area (Å²) >= 11 is 0. The highest BCUT2D eigenvalue weighted by Gasteiger charge is 2.48. The zero-order chi connectivity index (χ0) is 10.5. The zero-order valence-corrected chi connectivity index (χ0v) is 10.2. The first kappa shape index (κ1) is 11.7. The van der Waals surface area contributed by atoms with E-state index in [1.807, 2.05) is 6.20 Å². The molecule has 0 bridgehead atoms. The SMILES string of the molecule is Cl.Cn1ccc(C2CNC3(CC3)C2)cc1=O. The predicted molar refractivity (Wildman–Crippen MR) is 66.3 cm³/mol. The molecule has 16 heavy (non-hydrogen) atoms. The topological polar surface area (TPSA) is 34.0 Å². The van der Waals surface area contributed by atoms with E-state index in [9.17, 15) is 4.79 Å². The molecule has 2 aliphatic rings. The molecule has 2 fully saturated rings. The van der Waals surface area contributed by atoms with Crippen molar-refractivity contribution in [1.82, 2.24) is 9.88 Å². The monoisotopic (exact) mass is 240 g/mol. The predicted octanol–water partition coefficient (Wildman–Crippen LogP) is 1.42. The molecule has 1 saturated heterocycles. The first-order valence-corrected chi connectivity index (χ1v) is 5.60. The fraction of sp³-hybridized carbons (Fsp3) is 0.583. The summed E-state index contributed by atoms with van der Waals surface area (Å²) in [6.07, 6.45) is 5.71. The van der Waals surface area contributed by atoms with Crippen LogP contribution in [0.1, 0.15) is 30.7 Å². The highest BCUT2D eigenvalue weighted by molar-refractivity contribution is 5.85. The number of rotatable bonds is 1. The van der Waals surface area contributed by atoms with Gasteiger partial charge in [0.1, 0.15) is 0 Å². The molecular formula is C12H17ClN2O. The number of aryl methyl sites for hydroxylation is 1. The summed E-state index contributed by atoms with van der Waals surface area (Å²) in [6.45, 7) is 1.03. The van der Waals surface area contributed by atoms with E-state index in [1.165, 1.54) is 24.8 Å². The second-order valence-electron chi connectivity index (χ2n) is 4.97. The van der Waals surface area contributed by atoms with Crippen molar-refractivity contribution in [2.24, 2.45) is 7.05 Å². The van der Waals surface area contributed by atoms with Crippen molar-refractivity contribution in [3.8, 4) is 0 Å². The summed E-state index contributed by atoms with van der Waals surface area (Å²) in [5.74, 6) is 0.543. The Labute approximate surface area is 101 Å². The number of hydrogen-bond acceptors (Lipinski definition) is 2. The van der Waals surface area contributed by atoms with Gasteiger partial charge in [0.2, 0.25) is 0 Å². The fourth-order valence-corrected chi connectivity index (χ4v) is 2.54. The molecule has 88 valence electrons. The molecule has 0 radical (unpaired) electrons. The Morgan fingerprint density at radius 2 is 2.25 bits per heavy atom. The molecule has 1 aliphatic heterocycles. The van der Waals surface area contributed by atoms with Crippen LogP contribution in [0.15, 0.2) is 23.1 Å². The summed E-state index contributed by atoms with van der Waals surface area (Å²) < 4.78 is 1.62. The molecule has 3 rings (SSSR count). The molecule has 3 nitrogen and oxygen atoms in total. The zero-order valence-electron chi connectivity index (χ0n) is 9.40. The van der Waals surface area contributed by atoms with E-state index in [4.69, 9.17) is 0 Å². The molecule has 1 saturated carbocycles. The van der Waals surface area contributed by atoms with E-state index in [1.54, 1.807) is 17.7 Å². The van der Waals surface area contributed by atoms with Gasteiger partial charge in [-0.25, -0.2) is 0 Å². The van der Waals surface area contributed by atoms with Crippen LogP contribution >= 0.6 is 12.4 Å². The van der Waals surface area contributed by atoms with Gasteiger partial charge in [0.05, 0.1) is 0 Å². The van der Waals surface area contributed by atoms with Gasteiger partial charge in [0, 0.05) is 31.4 Å². The summed E-state index contributed by atoms with van der Waals surface area (Å²) in [7, 11) is 1.79. The molecule has 1 aliphatic carbocycles. The number of hydrogen-bond donors (Lipinski definition) is 1. The van der Waals surface area contributed by atoms with Gasteiger partial charge >= 0.3 is 0 Å². The van der Waals surface area contributed by atoms with Crippen LogP contribution in [0.4, 0.5) is 0 Å². The van der Waals surface area contributed by atoms with Crippen LogP contribution in [-0.4, -0.2) is 16.7 Å². The van der Waals surface area contributed by atoms with Crippen molar-refractivity contribution in [3.63, 3.8) is 0 Å². The minimum atomic E-state index is 0. The normalized spacial score (nSPS) is 25.4. The Kier molecular flexibility index (Phi) is 2.84. The van der Waals surface area contributed by atoms with E-state index >= 15 is 0 Å². The number of halogens is 1. The van der Waals surface area contributed by atoms with Gasteiger partial charge in [0.15, 0.2) is 0 Å².